The van der Waals surface area contributed by atoms with Crippen LogP contribution in [-0.4, -0.2) is 35.8 Å². The highest BCUT2D eigenvalue weighted by Crippen LogP contribution is 2.30. The summed E-state index contributed by atoms with van der Waals surface area (Å²) in [6.07, 6.45) is 1.63. The Morgan fingerprint density at radius 1 is 1.33 bits per heavy atom. The molecule has 2 heterocycles. The lowest BCUT2D eigenvalue weighted by atomic mass is 10.0. The van der Waals surface area contributed by atoms with Gasteiger partial charge in [0.2, 0.25) is 5.88 Å². The van der Waals surface area contributed by atoms with Gasteiger partial charge in [-0.25, -0.2) is 8.42 Å². The first-order chi connectivity index (χ1) is 12.7. The topological polar surface area (TPSA) is 113 Å². The number of hydrogen-bond donors (Lipinski definition) is 1. The summed E-state index contributed by atoms with van der Waals surface area (Å²) in [6.45, 7) is 3.46. The summed E-state index contributed by atoms with van der Waals surface area (Å²) in [4.78, 5) is 17.0. The third-order valence-corrected chi connectivity index (χ3v) is 6.56. The van der Waals surface area contributed by atoms with E-state index in [0.29, 0.717) is 11.3 Å². The SMILES string of the molecule is Cc1ccccc1N=Cc1c(C)c(C#N)c(=O)n(C2CCS(=O)(=O)C2)c1O. The van der Waals surface area contributed by atoms with Gasteiger partial charge in [0.25, 0.3) is 5.56 Å². The van der Waals surface area contributed by atoms with Crippen LogP contribution in [0, 0.1) is 25.2 Å². The first-order valence-corrected chi connectivity index (χ1v) is 10.3. The molecule has 8 heteroatoms. The molecule has 1 aliphatic rings. The van der Waals surface area contributed by atoms with Crippen molar-refractivity contribution >= 4 is 21.7 Å². The molecule has 1 aromatic carbocycles. The zero-order chi connectivity index (χ0) is 19.8. The van der Waals surface area contributed by atoms with Crippen LogP contribution in [0.2, 0.25) is 0 Å². The maximum atomic E-state index is 12.7. The standard InChI is InChI=1S/C19H19N3O4S/c1-12-5-3-4-6-17(12)21-10-16-13(2)15(9-20)18(23)22(19(16)24)14-7-8-27(25,26)11-14/h3-6,10,14,24H,7-8,11H2,1-2H3. The molecule has 1 unspecified atom stereocenters. The third kappa shape index (κ3) is 3.51. The van der Waals surface area contributed by atoms with Crippen molar-refractivity contribution in [1.29, 1.82) is 5.26 Å². The van der Waals surface area contributed by atoms with Gasteiger partial charge in [-0.15, -0.1) is 0 Å². The molecule has 0 radical (unpaired) electrons. The van der Waals surface area contributed by atoms with Crippen LogP contribution in [0.4, 0.5) is 5.69 Å². The van der Waals surface area contributed by atoms with Crippen LogP contribution >= 0.6 is 0 Å². The minimum absolute atomic E-state index is 0.0497. The minimum atomic E-state index is -3.27. The molecule has 1 aromatic heterocycles. The van der Waals surface area contributed by atoms with Crippen molar-refractivity contribution in [1.82, 2.24) is 4.57 Å². The molecule has 140 valence electrons. The van der Waals surface area contributed by atoms with Gasteiger partial charge in [-0.05, 0) is 37.5 Å². The Balaban J connectivity index is 2.18. The van der Waals surface area contributed by atoms with Crippen molar-refractivity contribution in [3.8, 4) is 11.9 Å². The fourth-order valence-electron chi connectivity index (χ4n) is 3.26. The zero-order valence-electron chi connectivity index (χ0n) is 15.0. The van der Waals surface area contributed by atoms with Crippen LogP contribution in [0.25, 0.3) is 0 Å². The summed E-state index contributed by atoms with van der Waals surface area (Å²) < 4.78 is 24.6. The monoisotopic (exact) mass is 385 g/mol. The molecule has 0 saturated carbocycles. The lowest BCUT2D eigenvalue weighted by Gasteiger charge is -2.18. The number of sulfone groups is 1. The van der Waals surface area contributed by atoms with E-state index in [0.717, 1.165) is 10.1 Å². The number of aryl methyl sites for hydroxylation is 1. The Hall–Kier alpha value is -2.92. The fourth-order valence-corrected chi connectivity index (χ4v) is 4.96. The summed E-state index contributed by atoms with van der Waals surface area (Å²) in [5.74, 6) is -0.648. The van der Waals surface area contributed by atoms with Crippen LogP contribution in [-0.2, 0) is 9.84 Å². The van der Waals surface area contributed by atoms with Gasteiger partial charge in [-0.1, -0.05) is 18.2 Å². The second-order valence-electron chi connectivity index (χ2n) is 6.63. The lowest BCUT2D eigenvalue weighted by Crippen LogP contribution is -2.29. The number of nitriles is 1. The molecule has 1 atom stereocenters. The van der Waals surface area contributed by atoms with Crippen molar-refractivity contribution < 1.29 is 13.5 Å². The molecule has 1 fully saturated rings. The van der Waals surface area contributed by atoms with Gasteiger partial charge in [0.05, 0.1) is 28.8 Å². The highest BCUT2D eigenvalue weighted by atomic mass is 32.2. The highest BCUT2D eigenvalue weighted by Gasteiger charge is 2.33. The van der Waals surface area contributed by atoms with E-state index in [2.05, 4.69) is 4.99 Å². The first kappa shape index (κ1) is 18.9. The van der Waals surface area contributed by atoms with E-state index in [1.807, 2.05) is 37.3 Å². The number of aliphatic imine (C=N–C) groups is 1. The number of aromatic nitrogens is 1. The van der Waals surface area contributed by atoms with Gasteiger partial charge >= 0.3 is 0 Å². The molecule has 0 amide bonds. The second kappa shape index (κ2) is 7.00. The number of para-hydroxylation sites is 1. The van der Waals surface area contributed by atoms with Gasteiger partial charge in [0.1, 0.15) is 11.6 Å². The molecular weight excluding hydrogens is 366 g/mol. The quantitative estimate of drug-likeness (QED) is 0.814. The number of benzene rings is 1. The smallest absolute Gasteiger partial charge is 0.271 e. The third-order valence-electron chi connectivity index (χ3n) is 4.81. The molecule has 0 spiro atoms. The summed E-state index contributed by atoms with van der Waals surface area (Å²) in [5.41, 5.74) is 1.37. The predicted octanol–water partition coefficient (Wildman–Crippen LogP) is 2.15. The minimum Gasteiger partial charge on any atom is -0.494 e. The Morgan fingerprint density at radius 2 is 2.04 bits per heavy atom. The molecule has 7 nitrogen and oxygen atoms in total. The maximum absolute atomic E-state index is 12.7. The van der Waals surface area contributed by atoms with Crippen molar-refractivity contribution in [3.05, 3.63) is 56.9 Å². The van der Waals surface area contributed by atoms with E-state index < -0.39 is 21.4 Å². The van der Waals surface area contributed by atoms with Crippen LogP contribution in [0.5, 0.6) is 5.88 Å². The Kier molecular flexibility index (Phi) is 4.89. The largest absolute Gasteiger partial charge is 0.494 e. The van der Waals surface area contributed by atoms with E-state index in [4.69, 9.17) is 0 Å². The average Bonchev–Trinajstić information content (AvgIpc) is 2.96. The predicted molar refractivity (Wildman–Crippen MR) is 103 cm³/mol. The second-order valence-corrected chi connectivity index (χ2v) is 8.85. The van der Waals surface area contributed by atoms with Crippen molar-refractivity contribution in [2.24, 2.45) is 4.99 Å². The number of aromatic hydroxyl groups is 1. The molecular formula is C19H19N3O4S. The molecule has 0 aliphatic carbocycles. The van der Waals surface area contributed by atoms with E-state index in [9.17, 15) is 23.6 Å². The van der Waals surface area contributed by atoms with E-state index in [-0.39, 0.29) is 34.9 Å². The summed E-state index contributed by atoms with van der Waals surface area (Å²) >= 11 is 0. The van der Waals surface area contributed by atoms with Gasteiger partial charge < -0.3 is 5.11 Å². The van der Waals surface area contributed by atoms with E-state index >= 15 is 0 Å². The Bertz CT molecular complexity index is 1140. The van der Waals surface area contributed by atoms with Crippen LogP contribution in [0.1, 0.15) is 34.7 Å². The highest BCUT2D eigenvalue weighted by molar-refractivity contribution is 7.91. The summed E-state index contributed by atoms with van der Waals surface area (Å²) in [6, 6.07) is 8.59. The number of rotatable bonds is 3. The lowest BCUT2D eigenvalue weighted by molar-refractivity contribution is 0.379. The Morgan fingerprint density at radius 3 is 2.63 bits per heavy atom. The van der Waals surface area contributed by atoms with Crippen molar-refractivity contribution in [3.63, 3.8) is 0 Å². The van der Waals surface area contributed by atoms with E-state index in [1.165, 1.54) is 6.21 Å². The van der Waals surface area contributed by atoms with Gasteiger partial charge in [-0.3, -0.25) is 14.4 Å². The van der Waals surface area contributed by atoms with E-state index in [1.54, 1.807) is 6.92 Å². The summed E-state index contributed by atoms with van der Waals surface area (Å²) in [5, 5.41) is 20.1. The van der Waals surface area contributed by atoms with Gasteiger partial charge in [-0.2, -0.15) is 5.26 Å². The molecule has 1 N–H and O–H groups in total. The zero-order valence-corrected chi connectivity index (χ0v) is 15.8. The van der Waals surface area contributed by atoms with Crippen molar-refractivity contribution in [2.75, 3.05) is 11.5 Å². The maximum Gasteiger partial charge on any atom is 0.271 e. The molecule has 27 heavy (non-hydrogen) atoms. The Labute approximate surface area is 157 Å². The van der Waals surface area contributed by atoms with Gasteiger partial charge in [0, 0.05) is 6.21 Å². The number of nitrogens with zero attached hydrogens (tertiary/aromatic N) is 3. The normalized spacial score (nSPS) is 18.6. The number of hydrogen-bond acceptors (Lipinski definition) is 6. The van der Waals surface area contributed by atoms with Crippen LogP contribution < -0.4 is 5.56 Å². The summed E-state index contributed by atoms with van der Waals surface area (Å²) in [7, 11) is -3.27. The molecule has 1 aliphatic heterocycles. The van der Waals surface area contributed by atoms with Crippen molar-refractivity contribution in [2.45, 2.75) is 26.3 Å². The molecule has 1 saturated heterocycles. The van der Waals surface area contributed by atoms with Crippen LogP contribution in [0.3, 0.4) is 0 Å². The molecule has 3 rings (SSSR count). The van der Waals surface area contributed by atoms with Crippen LogP contribution in [0.15, 0.2) is 34.1 Å². The van der Waals surface area contributed by atoms with Gasteiger partial charge in [0.15, 0.2) is 9.84 Å². The number of pyridine rings is 1. The average molecular weight is 385 g/mol. The fraction of sp³-hybridized carbons (Fsp3) is 0.316. The molecule has 2 aromatic rings. The first-order valence-electron chi connectivity index (χ1n) is 8.43. The molecule has 0 bridgehead atoms.